The molecular weight excluding hydrogens is 422 g/mol. The van der Waals surface area contributed by atoms with Crippen molar-refractivity contribution in [3.8, 4) is 5.75 Å². The van der Waals surface area contributed by atoms with E-state index >= 15 is 0 Å². The minimum Gasteiger partial charge on any atom is -0.406 e. The van der Waals surface area contributed by atoms with Gasteiger partial charge in [0.2, 0.25) is 5.91 Å². The van der Waals surface area contributed by atoms with Crippen LogP contribution < -0.4 is 10.1 Å². The van der Waals surface area contributed by atoms with E-state index < -0.39 is 30.6 Å². The Kier molecular flexibility index (Phi) is 5.71. The average Bonchev–Trinajstić information content (AvgIpc) is 3.60. The number of nitrogens with zero attached hydrogens (tertiary/aromatic N) is 2. The van der Waals surface area contributed by atoms with Gasteiger partial charge in [-0.05, 0) is 37.7 Å². The molecular formula is C20H23F4N3O4. The molecule has 11 heteroatoms. The third-order valence-corrected chi connectivity index (χ3v) is 5.98. The van der Waals surface area contributed by atoms with Gasteiger partial charge in [-0.3, -0.25) is 4.79 Å². The molecule has 1 heterocycles. The van der Waals surface area contributed by atoms with Gasteiger partial charge in [-0.2, -0.15) is 0 Å². The zero-order valence-electron chi connectivity index (χ0n) is 16.6. The zero-order chi connectivity index (χ0) is 22.3. The number of hydrogen-bond acceptors (Lipinski definition) is 4. The number of piperidine rings is 1. The predicted octanol–water partition coefficient (Wildman–Crippen LogP) is 2.38. The van der Waals surface area contributed by atoms with Gasteiger partial charge in [0.25, 0.3) is 0 Å². The monoisotopic (exact) mass is 445 g/mol. The Morgan fingerprint density at radius 2 is 1.97 bits per heavy atom. The lowest BCUT2D eigenvalue weighted by molar-refractivity contribution is -0.274. The van der Waals surface area contributed by atoms with E-state index in [1.54, 1.807) is 9.80 Å². The van der Waals surface area contributed by atoms with Gasteiger partial charge in [-0.15, -0.1) is 13.2 Å². The number of nitrogens with one attached hydrogen (secondary N) is 1. The molecule has 170 valence electrons. The number of carbonyl (C=O) groups excluding carboxylic acids is 2. The Morgan fingerprint density at radius 1 is 1.23 bits per heavy atom. The van der Waals surface area contributed by atoms with Crippen LogP contribution in [0.5, 0.6) is 5.75 Å². The Labute approximate surface area is 175 Å². The van der Waals surface area contributed by atoms with Crippen molar-refractivity contribution in [2.75, 3.05) is 13.2 Å². The number of alkyl halides is 3. The van der Waals surface area contributed by atoms with Crippen molar-refractivity contribution < 1.29 is 37.0 Å². The number of halogens is 4. The van der Waals surface area contributed by atoms with Crippen LogP contribution in [0.2, 0.25) is 0 Å². The van der Waals surface area contributed by atoms with E-state index in [1.165, 1.54) is 0 Å². The van der Waals surface area contributed by atoms with Crippen LogP contribution in [-0.2, 0) is 11.3 Å². The van der Waals surface area contributed by atoms with Crippen molar-refractivity contribution in [2.24, 2.45) is 5.92 Å². The summed E-state index contributed by atoms with van der Waals surface area (Å²) in [6, 6.07) is 2.32. The van der Waals surface area contributed by atoms with Gasteiger partial charge in [0.1, 0.15) is 18.2 Å². The molecule has 1 aromatic rings. The number of ether oxygens (including phenoxy) is 1. The summed E-state index contributed by atoms with van der Waals surface area (Å²) in [6.07, 6.45) is -1.62. The molecule has 1 saturated heterocycles. The lowest BCUT2D eigenvalue weighted by Gasteiger charge is -2.39. The van der Waals surface area contributed by atoms with Gasteiger partial charge >= 0.3 is 12.4 Å². The maximum Gasteiger partial charge on any atom is 0.573 e. The Bertz CT molecular complexity index is 861. The fourth-order valence-electron chi connectivity index (χ4n) is 4.35. The number of amides is 3. The van der Waals surface area contributed by atoms with E-state index in [-0.39, 0.29) is 36.1 Å². The van der Waals surface area contributed by atoms with Crippen LogP contribution in [0.4, 0.5) is 22.4 Å². The van der Waals surface area contributed by atoms with Crippen LogP contribution in [0.15, 0.2) is 18.2 Å². The summed E-state index contributed by atoms with van der Waals surface area (Å²) in [6.45, 7) is -0.417. The molecule has 0 spiro atoms. The molecule has 0 aromatic heterocycles. The van der Waals surface area contributed by atoms with E-state index in [2.05, 4.69) is 10.1 Å². The predicted molar refractivity (Wildman–Crippen MR) is 99.3 cm³/mol. The number of urea groups is 1. The van der Waals surface area contributed by atoms with E-state index in [1.807, 2.05) is 0 Å². The van der Waals surface area contributed by atoms with Crippen molar-refractivity contribution in [2.45, 2.75) is 56.7 Å². The minimum atomic E-state index is -4.92. The van der Waals surface area contributed by atoms with Crippen molar-refractivity contribution >= 4 is 11.9 Å². The highest BCUT2D eigenvalue weighted by atomic mass is 19.4. The van der Waals surface area contributed by atoms with Gasteiger partial charge in [0.15, 0.2) is 0 Å². The SMILES string of the molecule is O=C(CO)N1C[C@H](N(C(=O)NCc2ccc(OC(F)(F)F)cc2F)C2CC2)CC2CC21. The van der Waals surface area contributed by atoms with E-state index in [4.69, 9.17) is 0 Å². The maximum atomic E-state index is 14.2. The quantitative estimate of drug-likeness (QED) is 0.659. The first-order chi connectivity index (χ1) is 14.7. The minimum absolute atomic E-state index is 0.0293. The van der Waals surface area contributed by atoms with Crippen molar-refractivity contribution in [1.82, 2.24) is 15.1 Å². The Balaban J connectivity index is 1.39. The second-order valence-corrected chi connectivity index (χ2v) is 8.26. The summed E-state index contributed by atoms with van der Waals surface area (Å²) in [5.74, 6) is -1.63. The molecule has 1 aliphatic heterocycles. The molecule has 3 aliphatic rings. The van der Waals surface area contributed by atoms with Gasteiger partial charge in [0.05, 0.1) is 6.04 Å². The molecule has 3 amide bonds. The molecule has 2 unspecified atom stereocenters. The number of hydrogen-bond donors (Lipinski definition) is 2. The highest BCUT2D eigenvalue weighted by Gasteiger charge is 2.52. The van der Waals surface area contributed by atoms with Crippen LogP contribution in [-0.4, -0.2) is 64.5 Å². The normalized spacial score (nSPS) is 24.9. The zero-order valence-corrected chi connectivity index (χ0v) is 16.6. The van der Waals surface area contributed by atoms with Crippen LogP contribution in [0, 0.1) is 11.7 Å². The van der Waals surface area contributed by atoms with Crippen LogP contribution in [0.25, 0.3) is 0 Å². The molecule has 1 aromatic carbocycles. The second-order valence-electron chi connectivity index (χ2n) is 8.26. The Hall–Kier alpha value is -2.56. The molecule has 2 aliphatic carbocycles. The number of fused-ring (bicyclic) bond motifs is 1. The summed E-state index contributed by atoms with van der Waals surface area (Å²) in [4.78, 5) is 28.3. The molecule has 4 rings (SSSR count). The second kappa shape index (κ2) is 8.18. The largest absolute Gasteiger partial charge is 0.573 e. The topological polar surface area (TPSA) is 82.1 Å². The molecule has 7 nitrogen and oxygen atoms in total. The summed E-state index contributed by atoms with van der Waals surface area (Å²) < 4.78 is 54.6. The highest BCUT2D eigenvalue weighted by molar-refractivity contribution is 5.79. The maximum absolute atomic E-state index is 14.2. The smallest absolute Gasteiger partial charge is 0.406 e. The van der Waals surface area contributed by atoms with Crippen molar-refractivity contribution in [3.05, 3.63) is 29.6 Å². The van der Waals surface area contributed by atoms with Crippen LogP contribution >= 0.6 is 0 Å². The van der Waals surface area contributed by atoms with E-state index in [0.29, 0.717) is 18.5 Å². The number of aliphatic hydroxyl groups is 1. The first-order valence-corrected chi connectivity index (χ1v) is 10.2. The molecule has 3 fully saturated rings. The first kappa shape index (κ1) is 21.7. The number of carbonyl (C=O) groups is 2. The molecule has 2 N–H and O–H groups in total. The summed E-state index contributed by atoms with van der Waals surface area (Å²) in [5.41, 5.74) is 0.0293. The fourth-order valence-corrected chi connectivity index (χ4v) is 4.35. The number of likely N-dealkylation sites (tertiary alicyclic amines) is 1. The van der Waals surface area contributed by atoms with Crippen LogP contribution in [0.3, 0.4) is 0 Å². The fraction of sp³-hybridized carbons (Fsp3) is 0.600. The first-order valence-electron chi connectivity index (χ1n) is 10.2. The average molecular weight is 445 g/mol. The number of aliphatic hydroxyl groups excluding tert-OH is 1. The molecule has 0 radical (unpaired) electrons. The summed E-state index contributed by atoms with van der Waals surface area (Å²) in [7, 11) is 0. The standard InChI is InChI=1S/C20H23F4N3O4/c21-16-7-15(31-20(22,23)24)4-1-11(16)8-25-19(30)27(13-2-3-13)14-5-12-6-17(12)26(9-14)18(29)10-28/h1,4,7,12-14,17,28H,2-3,5-6,8-10H2,(H,25,30)/t12?,14-,17?/m1/s1. The van der Waals surface area contributed by atoms with Gasteiger partial charge < -0.3 is 25.0 Å². The Morgan fingerprint density at radius 3 is 2.58 bits per heavy atom. The molecule has 2 saturated carbocycles. The number of benzene rings is 1. The van der Waals surface area contributed by atoms with E-state index in [0.717, 1.165) is 37.8 Å². The van der Waals surface area contributed by atoms with Gasteiger partial charge in [0, 0.05) is 36.8 Å². The third kappa shape index (κ3) is 5.03. The van der Waals surface area contributed by atoms with Gasteiger partial charge in [-0.25, -0.2) is 9.18 Å². The van der Waals surface area contributed by atoms with Crippen molar-refractivity contribution in [3.63, 3.8) is 0 Å². The number of rotatable bonds is 6. The third-order valence-electron chi connectivity index (χ3n) is 5.98. The molecule has 31 heavy (non-hydrogen) atoms. The lowest BCUT2D eigenvalue weighted by Crippen LogP contribution is -2.55. The highest BCUT2D eigenvalue weighted by Crippen LogP contribution is 2.45. The van der Waals surface area contributed by atoms with Crippen LogP contribution in [0.1, 0.15) is 31.2 Å². The summed E-state index contributed by atoms with van der Waals surface area (Å²) in [5, 5.41) is 11.9. The summed E-state index contributed by atoms with van der Waals surface area (Å²) >= 11 is 0. The lowest BCUT2D eigenvalue weighted by atomic mass is 10.0. The molecule has 3 atom stereocenters. The molecule has 0 bridgehead atoms. The van der Waals surface area contributed by atoms with E-state index in [9.17, 15) is 32.3 Å². The van der Waals surface area contributed by atoms with Gasteiger partial charge in [-0.1, -0.05) is 6.07 Å². The van der Waals surface area contributed by atoms with Crippen molar-refractivity contribution in [1.29, 1.82) is 0 Å².